The van der Waals surface area contributed by atoms with Crippen molar-refractivity contribution in [3.8, 4) is 0 Å². The summed E-state index contributed by atoms with van der Waals surface area (Å²) in [7, 11) is 3.96. The lowest BCUT2D eigenvalue weighted by atomic mass is 10.1. The summed E-state index contributed by atoms with van der Waals surface area (Å²) in [4.78, 5) is 19.1. The molecule has 0 spiro atoms. The van der Waals surface area contributed by atoms with Gasteiger partial charge in [-0.1, -0.05) is 30.3 Å². The van der Waals surface area contributed by atoms with Gasteiger partial charge in [0, 0.05) is 39.8 Å². The summed E-state index contributed by atoms with van der Waals surface area (Å²) < 4.78 is 5.65. The number of carbonyl (C=O) groups is 1. The number of likely N-dealkylation sites (N-methyl/N-ethyl adjacent to an activating group) is 2. The van der Waals surface area contributed by atoms with Crippen molar-refractivity contribution in [3.63, 3.8) is 0 Å². The number of nitrogens with zero attached hydrogens (tertiary/aromatic N) is 3. The van der Waals surface area contributed by atoms with E-state index in [1.165, 1.54) is 5.56 Å². The zero-order chi connectivity index (χ0) is 16.9. The molecule has 5 heteroatoms. The molecule has 0 aliphatic carbocycles. The van der Waals surface area contributed by atoms with E-state index in [1.54, 1.807) is 0 Å². The van der Waals surface area contributed by atoms with Crippen molar-refractivity contribution < 1.29 is 9.53 Å². The molecule has 2 unspecified atom stereocenters. The maximum atomic E-state index is 12.6. The molecule has 3 rings (SSSR count). The van der Waals surface area contributed by atoms with Crippen molar-refractivity contribution in [3.05, 3.63) is 35.9 Å². The molecule has 132 valence electrons. The molecular formula is C19H29N3O2. The monoisotopic (exact) mass is 331 g/mol. The van der Waals surface area contributed by atoms with E-state index in [1.807, 2.05) is 19.0 Å². The van der Waals surface area contributed by atoms with Crippen molar-refractivity contribution in [1.82, 2.24) is 14.7 Å². The van der Waals surface area contributed by atoms with Crippen LogP contribution < -0.4 is 0 Å². The minimum Gasteiger partial charge on any atom is -0.366 e. The van der Waals surface area contributed by atoms with E-state index in [0.717, 1.165) is 39.1 Å². The van der Waals surface area contributed by atoms with Crippen LogP contribution in [0.25, 0.3) is 0 Å². The van der Waals surface area contributed by atoms with Gasteiger partial charge in [-0.15, -0.1) is 0 Å². The Balaban J connectivity index is 1.45. The number of rotatable bonds is 5. The van der Waals surface area contributed by atoms with Gasteiger partial charge in [0.25, 0.3) is 5.91 Å². The van der Waals surface area contributed by atoms with Crippen LogP contribution in [-0.2, 0) is 16.1 Å². The molecule has 2 aliphatic heterocycles. The van der Waals surface area contributed by atoms with E-state index in [4.69, 9.17) is 4.74 Å². The van der Waals surface area contributed by atoms with Crippen molar-refractivity contribution in [2.24, 2.45) is 5.92 Å². The van der Waals surface area contributed by atoms with Crippen LogP contribution in [0.5, 0.6) is 0 Å². The van der Waals surface area contributed by atoms with Gasteiger partial charge in [0.15, 0.2) is 0 Å². The molecule has 1 amide bonds. The maximum absolute atomic E-state index is 12.6. The summed E-state index contributed by atoms with van der Waals surface area (Å²) >= 11 is 0. The molecular weight excluding hydrogens is 302 g/mol. The smallest absolute Gasteiger partial charge is 0.252 e. The SMILES string of the molecule is CN1CCOC(C(=O)N(C)CC2CCN(Cc3ccccc3)C2)C1. The number of carbonyl (C=O) groups excluding carboxylic acids is 1. The molecule has 2 aliphatic rings. The third-order valence-corrected chi connectivity index (χ3v) is 5.07. The topological polar surface area (TPSA) is 36.0 Å². The number of hydrogen-bond acceptors (Lipinski definition) is 4. The van der Waals surface area contributed by atoms with Gasteiger partial charge in [-0.05, 0) is 31.5 Å². The second kappa shape index (κ2) is 8.10. The van der Waals surface area contributed by atoms with E-state index >= 15 is 0 Å². The number of hydrogen-bond donors (Lipinski definition) is 0. The predicted octanol–water partition coefficient (Wildman–Crippen LogP) is 1.30. The van der Waals surface area contributed by atoms with Gasteiger partial charge in [-0.3, -0.25) is 9.69 Å². The highest BCUT2D eigenvalue weighted by molar-refractivity contribution is 5.81. The lowest BCUT2D eigenvalue weighted by Gasteiger charge is -2.32. The normalized spacial score (nSPS) is 25.8. The second-order valence-corrected chi connectivity index (χ2v) is 7.22. The van der Waals surface area contributed by atoms with E-state index in [0.29, 0.717) is 19.1 Å². The highest BCUT2D eigenvalue weighted by Gasteiger charge is 2.30. The standard InChI is InChI=1S/C19H29N3O2/c1-20-10-11-24-18(15-20)19(23)21(2)12-17-8-9-22(14-17)13-16-6-4-3-5-7-16/h3-7,17-18H,8-15H2,1-2H3. The molecule has 2 heterocycles. The predicted molar refractivity (Wildman–Crippen MR) is 94.7 cm³/mol. The summed E-state index contributed by atoms with van der Waals surface area (Å²) in [6.07, 6.45) is 0.867. The molecule has 0 saturated carbocycles. The lowest BCUT2D eigenvalue weighted by Crippen LogP contribution is -2.49. The highest BCUT2D eigenvalue weighted by atomic mass is 16.5. The van der Waals surface area contributed by atoms with Crippen LogP contribution >= 0.6 is 0 Å². The fourth-order valence-electron chi connectivity index (χ4n) is 3.70. The van der Waals surface area contributed by atoms with Gasteiger partial charge >= 0.3 is 0 Å². The fraction of sp³-hybridized carbons (Fsp3) is 0.632. The molecule has 2 fully saturated rings. The average molecular weight is 331 g/mol. The van der Waals surface area contributed by atoms with Gasteiger partial charge in [0.2, 0.25) is 0 Å². The largest absolute Gasteiger partial charge is 0.366 e. The first kappa shape index (κ1) is 17.4. The van der Waals surface area contributed by atoms with Crippen LogP contribution in [0.15, 0.2) is 30.3 Å². The number of morpholine rings is 1. The van der Waals surface area contributed by atoms with Crippen molar-refractivity contribution in [2.75, 3.05) is 53.4 Å². The summed E-state index contributed by atoms with van der Waals surface area (Å²) in [6.45, 7) is 6.27. The number of ether oxygens (including phenoxy) is 1. The quantitative estimate of drug-likeness (QED) is 0.815. The van der Waals surface area contributed by atoms with Crippen LogP contribution in [0.1, 0.15) is 12.0 Å². The minimum atomic E-state index is -0.296. The van der Waals surface area contributed by atoms with Gasteiger partial charge in [0.1, 0.15) is 6.10 Å². The second-order valence-electron chi connectivity index (χ2n) is 7.22. The first-order valence-corrected chi connectivity index (χ1v) is 8.93. The number of amides is 1. The maximum Gasteiger partial charge on any atom is 0.252 e. The van der Waals surface area contributed by atoms with E-state index in [-0.39, 0.29) is 12.0 Å². The van der Waals surface area contributed by atoms with E-state index in [2.05, 4.69) is 40.1 Å². The summed E-state index contributed by atoms with van der Waals surface area (Å²) in [5.74, 6) is 0.687. The van der Waals surface area contributed by atoms with Crippen LogP contribution in [-0.4, -0.2) is 80.1 Å². The molecule has 1 aromatic carbocycles. The first-order valence-electron chi connectivity index (χ1n) is 8.93. The summed E-state index contributed by atoms with van der Waals surface area (Å²) in [5, 5.41) is 0. The molecule has 0 N–H and O–H groups in total. The molecule has 2 atom stereocenters. The average Bonchev–Trinajstić information content (AvgIpc) is 3.02. The Labute approximate surface area is 145 Å². The third-order valence-electron chi connectivity index (χ3n) is 5.07. The molecule has 24 heavy (non-hydrogen) atoms. The number of benzene rings is 1. The molecule has 0 aromatic heterocycles. The Kier molecular flexibility index (Phi) is 5.87. The fourth-order valence-corrected chi connectivity index (χ4v) is 3.70. The molecule has 0 bridgehead atoms. The van der Waals surface area contributed by atoms with Gasteiger partial charge in [0.05, 0.1) is 6.61 Å². The van der Waals surface area contributed by atoms with Crippen molar-refractivity contribution in [2.45, 2.75) is 19.1 Å². The van der Waals surface area contributed by atoms with Crippen LogP contribution in [0.2, 0.25) is 0 Å². The Bertz CT molecular complexity index is 537. The molecule has 2 saturated heterocycles. The van der Waals surface area contributed by atoms with Crippen molar-refractivity contribution >= 4 is 5.91 Å². The summed E-state index contributed by atoms with van der Waals surface area (Å²) in [5.41, 5.74) is 1.36. The van der Waals surface area contributed by atoms with Gasteiger partial charge in [-0.2, -0.15) is 0 Å². The third kappa shape index (κ3) is 4.56. The lowest BCUT2D eigenvalue weighted by molar-refractivity contribution is -0.147. The molecule has 1 aromatic rings. The zero-order valence-corrected chi connectivity index (χ0v) is 14.9. The van der Waals surface area contributed by atoms with Crippen molar-refractivity contribution in [1.29, 1.82) is 0 Å². The Morgan fingerprint density at radius 1 is 1.25 bits per heavy atom. The Morgan fingerprint density at radius 2 is 2.04 bits per heavy atom. The van der Waals surface area contributed by atoms with Crippen LogP contribution in [0.4, 0.5) is 0 Å². The van der Waals surface area contributed by atoms with E-state index in [9.17, 15) is 4.79 Å². The first-order chi connectivity index (χ1) is 11.6. The number of likely N-dealkylation sites (tertiary alicyclic amines) is 1. The Morgan fingerprint density at radius 3 is 2.79 bits per heavy atom. The summed E-state index contributed by atoms with van der Waals surface area (Å²) in [6, 6.07) is 10.6. The Hall–Kier alpha value is -1.43. The van der Waals surface area contributed by atoms with Crippen LogP contribution in [0.3, 0.4) is 0 Å². The molecule has 5 nitrogen and oxygen atoms in total. The van der Waals surface area contributed by atoms with Crippen LogP contribution in [0, 0.1) is 5.92 Å². The minimum absolute atomic E-state index is 0.128. The zero-order valence-electron chi connectivity index (χ0n) is 14.9. The van der Waals surface area contributed by atoms with Gasteiger partial charge < -0.3 is 14.5 Å². The molecule has 0 radical (unpaired) electrons. The van der Waals surface area contributed by atoms with Gasteiger partial charge in [-0.25, -0.2) is 0 Å². The van der Waals surface area contributed by atoms with E-state index < -0.39 is 0 Å². The highest BCUT2D eigenvalue weighted by Crippen LogP contribution is 2.20.